The van der Waals surface area contributed by atoms with Gasteiger partial charge < -0.3 is 19.6 Å². The Hall–Kier alpha value is -1.33. The van der Waals surface area contributed by atoms with Crippen LogP contribution in [0.25, 0.3) is 0 Å². The Balaban J connectivity index is 2.53. The fraction of sp³-hybridized carbons (Fsp3) is 0.615. The number of furan rings is 1. The molecule has 0 saturated heterocycles. The molecule has 0 aliphatic rings. The highest BCUT2D eigenvalue weighted by Gasteiger charge is 2.22. The zero-order valence-electron chi connectivity index (χ0n) is 11.4. The number of carbonyl (C=O) groups excluding carboxylic acids is 1. The van der Waals surface area contributed by atoms with E-state index in [1.807, 2.05) is 0 Å². The zero-order chi connectivity index (χ0) is 13.8. The van der Waals surface area contributed by atoms with Crippen molar-refractivity contribution in [3.05, 3.63) is 23.2 Å². The molecule has 1 heterocycles. The Morgan fingerprint density at radius 1 is 1.56 bits per heavy atom. The summed E-state index contributed by atoms with van der Waals surface area (Å²) in [6, 6.07) is 1.69. The van der Waals surface area contributed by atoms with Crippen molar-refractivity contribution in [2.24, 2.45) is 0 Å². The standard InChI is InChI=1S/C13H21NO4/c1-9-7-11(10(2)18-9)12(15)14-8-13(3,16)5-6-17-4/h7,16H,5-6,8H2,1-4H3,(H,14,15). The first-order valence-corrected chi connectivity index (χ1v) is 5.92. The summed E-state index contributed by atoms with van der Waals surface area (Å²) in [5.74, 6) is 1.05. The van der Waals surface area contributed by atoms with Crippen molar-refractivity contribution in [2.75, 3.05) is 20.3 Å². The summed E-state index contributed by atoms with van der Waals surface area (Å²) in [4.78, 5) is 11.9. The summed E-state index contributed by atoms with van der Waals surface area (Å²) in [6.45, 7) is 5.83. The van der Waals surface area contributed by atoms with Crippen molar-refractivity contribution in [2.45, 2.75) is 32.8 Å². The second-order valence-corrected chi connectivity index (χ2v) is 4.75. The lowest BCUT2D eigenvalue weighted by Crippen LogP contribution is -2.41. The number of amides is 1. The van der Waals surface area contributed by atoms with Crippen LogP contribution in [0.15, 0.2) is 10.5 Å². The highest BCUT2D eigenvalue weighted by Crippen LogP contribution is 2.14. The van der Waals surface area contributed by atoms with Gasteiger partial charge in [-0.2, -0.15) is 0 Å². The largest absolute Gasteiger partial charge is 0.466 e. The maximum Gasteiger partial charge on any atom is 0.254 e. The lowest BCUT2D eigenvalue weighted by molar-refractivity contribution is 0.0243. The van der Waals surface area contributed by atoms with Gasteiger partial charge >= 0.3 is 0 Å². The Morgan fingerprint density at radius 3 is 2.72 bits per heavy atom. The summed E-state index contributed by atoms with van der Waals surface area (Å²) in [5.41, 5.74) is -0.465. The van der Waals surface area contributed by atoms with Crippen molar-refractivity contribution in [3.8, 4) is 0 Å². The molecule has 5 nitrogen and oxygen atoms in total. The van der Waals surface area contributed by atoms with E-state index >= 15 is 0 Å². The number of hydrogen-bond donors (Lipinski definition) is 2. The molecular formula is C13H21NO4. The molecule has 1 amide bonds. The number of carbonyl (C=O) groups is 1. The predicted octanol–water partition coefficient (Wildman–Crippen LogP) is 1.41. The molecule has 1 unspecified atom stereocenters. The third kappa shape index (κ3) is 4.16. The summed E-state index contributed by atoms with van der Waals surface area (Å²) in [7, 11) is 1.58. The summed E-state index contributed by atoms with van der Waals surface area (Å²) in [6.07, 6.45) is 0.465. The molecule has 18 heavy (non-hydrogen) atoms. The number of aryl methyl sites for hydroxylation is 2. The van der Waals surface area contributed by atoms with Crippen LogP contribution in [0.2, 0.25) is 0 Å². The van der Waals surface area contributed by atoms with Gasteiger partial charge in [-0.15, -0.1) is 0 Å². The minimum Gasteiger partial charge on any atom is -0.466 e. The number of methoxy groups -OCH3 is 1. The highest BCUT2D eigenvalue weighted by atomic mass is 16.5. The molecule has 5 heteroatoms. The topological polar surface area (TPSA) is 71.7 Å². The lowest BCUT2D eigenvalue weighted by Gasteiger charge is -2.23. The minimum atomic E-state index is -0.974. The fourth-order valence-electron chi connectivity index (χ4n) is 1.63. The van der Waals surface area contributed by atoms with Crippen LogP contribution in [0, 0.1) is 13.8 Å². The van der Waals surface area contributed by atoms with Gasteiger partial charge in [0.05, 0.1) is 11.2 Å². The molecule has 0 aromatic carbocycles. The van der Waals surface area contributed by atoms with Crippen molar-refractivity contribution < 1.29 is 19.1 Å². The molecule has 0 radical (unpaired) electrons. The van der Waals surface area contributed by atoms with E-state index in [0.29, 0.717) is 30.1 Å². The summed E-state index contributed by atoms with van der Waals surface area (Å²) in [5, 5.41) is 12.7. The molecular weight excluding hydrogens is 234 g/mol. The Kier molecular flexibility index (Phi) is 4.93. The van der Waals surface area contributed by atoms with Crippen LogP contribution in [0.4, 0.5) is 0 Å². The van der Waals surface area contributed by atoms with E-state index in [1.54, 1.807) is 33.9 Å². The van der Waals surface area contributed by atoms with Gasteiger partial charge in [0.2, 0.25) is 0 Å². The van der Waals surface area contributed by atoms with Crippen LogP contribution < -0.4 is 5.32 Å². The average Bonchev–Trinajstić information content (AvgIpc) is 2.63. The molecule has 1 aromatic heterocycles. The van der Waals surface area contributed by atoms with E-state index in [2.05, 4.69) is 5.32 Å². The Bertz CT molecular complexity index is 409. The highest BCUT2D eigenvalue weighted by molar-refractivity contribution is 5.95. The fourth-order valence-corrected chi connectivity index (χ4v) is 1.63. The summed E-state index contributed by atoms with van der Waals surface area (Å²) >= 11 is 0. The molecule has 1 aromatic rings. The second kappa shape index (κ2) is 6.02. The number of nitrogens with one attached hydrogen (secondary N) is 1. The van der Waals surface area contributed by atoms with Crippen molar-refractivity contribution in [3.63, 3.8) is 0 Å². The van der Waals surface area contributed by atoms with Gasteiger partial charge in [0.25, 0.3) is 5.91 Å². The smallest absolute Gasteiger partial charge is 0.254 e. The SMILES string of the molecule is COCCC(C)(O)CNC(=O)c1cc(C)oc1C. The number of ether oxygens (including phenoxy) is 1. The number of rotatable bonds is 6. The van der Waals surface area contributed by atoms with Gasteiger partial charge in [0, 0.05) is 26.7 Å². The van der Waals surface area contributed by atoms with E-state index in [1.165, 1.54) is 0 Å². The number of hydrogen-bond acceptors (Lipinski definition) is 4. The van der Waals surface area contributed by atoms with Gasteiger partial charge in [-0.05, 0) is 26.8 Å². The van der Waals surface area contributed by atoms with Gasteiger partial charge in [-0.25, -0.2) is 0 Å². The molecule has 0 saturated carbocycles. The van der Waals surface area contributed by atoms with Gasteiger partial charge in [-0.1, -0.05) is 0 Å². The van der Waals surface area contributed by atoms with Crippen LogP contribution in [-0.4, -0.2) is 36.9 Å². The first-order chi connectivity index (χ1) is 8.35. The molecule has 0 fully saturated rings. The first-order valence-electron chi connectivity index (χ1n) is 5.92. The normalized spacial score (nSPS) is 14.3. The van der Waals surface area contributed by atoms with E-state index in [0.717, 1.165) is 0 Å². The van der Waals surface area contributed by atoms with Gasteiger partial charge in [-0.3, -0.25) is 4.79 Å². The van der Waals surface area contributed by atoms with Crippen LogP contribution in [0.5, 0.6) is 0 Å². The van der Waals surface area contributed by atoms with Crippen molar-refractivity contribution in [1.29, 1.82) is 0 Å². The molecule has 1 rings (SSSR count). The Labute approximate surface area is 107 Å². The molecule has 0 aliphatic carbocycles. The van der Waals surface area contributed by atoms with Gasteiger partial charge in [0.1, 0.15) is 11.5 Å². The molecule has 0 bridgehead atoms. The van der Waals surface area contributed by atoms with Crippen LogP contribution >= 0.6 is 0 Å². The average molecular weight is 255 g/mol. The molecule has 0 spiro atoms. The van der Waals surface area contributed by atoms with E-state index in [4.69, 9.17) is 9.15 Å². The van der Waals surface area contributed by atoms with E-state index in [-0.39, 0.29) is 12.5 Å². The maximum absolute atomic E-state index is 11.9. The molecule has 0 aliphatic heterocycles. The van der Waals surface area contributed by atoms with Crippen LogP contribution in [0.1, 0.15) is 35.2 Å². The third-order valence-corrected chi connectivity index (χ3v) is 2.76. The lowest BCUT2D eigenvalue weighted by atomic mass is 10.0. The predicted molar refractivity (Wildman–Crippen MR) is 67.6 cm³/mol. The third-order valence-electron chi connectivity index (χ3n) is 2.76. The first kappa shape index (κ1) is 14.7. The van der Waals surface area contributed by atoms with Crippen LogP contribution in [0.3, 0.4) is 0 Å². The molecule has 102 valence electrons. The molecule has 1 atom stereocenters. The van der Waals surface area contributed by atoms with E-state index < -0.39 is 5.60 Å². The van der Waals surface area contributed by atoms with Crippen molar-refractivity contribution in [1.82, 2.24) is 5.32 Å². The zero-order valence-corrected chi connectivity index (χ0v) is 11.4. The monoisotopic (exact) mass is 255 g/mol. The Morgan fingerprint density at radius 2 is 2.22 bits per heavy atom. The van der Waals surface area contributed by atoms with E-state index in [9.17, 15) is 9.90 Å². The quantitative estimate of drug-likeness (QED) is 0.806. The second-order valence-electron chi connectivity index (χ2n) is 4.75. The maximum atomic E-state index is 11.9. The summed E-state index contributed by atoms with van der Waals surface area (Å²) < 4.78 is 10.2. The van der Waals surface area contributed by atoms with Crippen LogP contribution in [-0.2, 0) is 4.74 Å². The van der Waals surface area contributed by atoms with Crippen molar-refractivity contribution >= 4 is 5.91 Å². The van der Waals surface area contributed by atoms with Gasteiger partial charge in [0.15, 0.2) is 0 Å². The minimum absolute atomic E-state index is 0.179. The number of aliphatic hydroxyl groups is 1. The molecule has 2 N–H and O–H groups in total.